The summed E-state index contributed by atoms with van der Waals surface area (Å²) in [5.74, 6) is -1.28. The van der Waals surface area contributed by atoms with Gasteiger partial charge in [-0.3, -0.25) is 14.9 Å². The fourth-order valence-electron chi connectivity index (χ4n) is 4.03. The van der Waals surface area contributed by atoms with Crippen molar-refractivity contribution in [3.05, 3.63) is 117 Å². The van der Waals surface area contributed by atoms with Gasteiger partial charge in [0.25, 0.3) is 11.6 Å². The molecule has 0 unspecified atom stereocenters. The monoisotopic (exact) mass is 563 g/mol. The van der Waals surface area contributed by atoms with E-state index in [9.17, 15) is 23.7 Å². The maximum Gasteiger partial charge on any atom is 0.292 e. The van der Waals surface area contributed by atoms with E-state index in [1.165, 1.54) is 30.5 Å². The van der Waals surface area contributed by atoms with Crippen LogP contribution in [0.2, 0.25) is 0 Å². The summed E-state index contributed by atoms with van der Waals surface area (Å²) in [4.78, 5) is 28.1. The third-order valence-corrected chi connectivity index (χ3v) is 6.29. The van der Waals surface area contributed by atoms with Gasteiger partial charge in [-0.2, -0.15) is 0 Å². The van der Waals surface area contributed by atoms with Gasteiger partial charge in [-0.15, -0.1) is 0 Å². The molecule has 0 saturated carbocycles. The third-order valence-electron chi connectivity index (χ3n) is 6.29. The molecule has 0 saturated heterocycles. The normalized spacial score (nSPS) is 12.2. The third kappa shape index (κ3) is 7.04. The Morgan fingerprint density at radius 3 is 2.39 bits per heavy atom. The number of pyridine rings is 1. The number of rotatable bonds is 11. The molecule has 212 valence electrons. The van der Waals surface area contributed by atoms with E-state index in [2.05, 4.69) is 15.6 Å². The van der Waals surface area contributed by atoms with Crippen LogP contribution in [-0.4, -0.2) is 29.5 Å². The van der Waals surface area contributed by atoms with Gasteiger partial charge in [0.2, 0.25) is 0 Å². The lowest BCUT2D eigenvalue weighted by molar-refractivity contribution is -0.383. The number of nitrogens with one attached hydrogen (secondary N) is 2. The van der Waals surface area contributed by atoms with Gasteiger partial charge < -0.3 is 25.8 Å². The van der Waals surface area contributed by atoms with Crippen molar-refractivity contribution >= 4 is 23.1 Å². The molecule has 0 spiro atoms. The fraction of sp³-hybridized carbons (Fsp3) is 0.172. The second-order valence-electron chi connectivity index (χ2n) is 9.03. The molecule has 4 rings (SSSR count). The summed E-state index contributed by atoms with van der Waals surface area (Å²) in [5.41, 5.74) is 6.90. The Morgan fingerprint density at radius 2 is 1.73 bits per heavy atom. The van der Waals surface area contributed by atoms with Gasteiger partial charge in [-0.05, 0) is 60.5 Å². The summed E-state index contributed by atoms with van der Waals surface area (Å²) in [6.07, 6.45) is 1.51. The van der Waals surface area contributed by atoms with Crippen LogP contribution in [0.5, 0.6) is 11.5 Å². The van der Waals surface area contributed by atoms with Crippen molar-refractivity contribution in [3.8, 4) is 11.5 Å². The van der Waals surface area contributed by atoms with E-state index in [1.54, 1.807) is 38.3 Å². The molecular formula is C29H27F2N5O5. The number of ether oxygens (including phenoxy) is 2. The summed E-state index contributed by atoms with van der Waals surface area (Å²) in [5, 5.41) is 17.1. The largest absolute Gasteiger partial charge is 0.497 e. The highest BCUT2D eigenvalue weighted by molar-refractivity contribution is 5.99. The average molecular weight is 564 g/mol. The minimum absolute atomic E-state index is 0.0342. The van der Waals surface area contributed by atoms with Gasteiger partial charge >= 0.3 is 0 Å². The van der Waals surface area contributed by atoms with Gasteiger partial charge in [0.1, 0.15) is 29.6 Å². The highest BCUT2D eigenvalue weighted by Gasteiger charge is 2.21. The molecule has 0 aliphatic carbocycles. The van der Waals surface area contributed by atoms with Crippen LogP contribution in [0.3, 0.4) is 0 Å². The molecule has 0 bridgehead atoms. The van der Waals surface area contributed by atoms with E-state index in [1.807, 2.05) is 12.1 Å². The predicted octanol–water partition coefficient (Wildman–Crippen LogP) is 5.58. The second-order valence-corrected chi connectivity index (χ2v) is 9.03. The number of amides is 1. The smallest absolute Gasteiger partial charge is 0.292 e. The van der Waals surface area contributed by atoms with Crippen LogP contribution in [0.4, 0.5) is 26.0 Å². The Hall–Kier alpha value is -5.26. The van der Waals surface area contributed by atoms with Gasteiger partial charge in [0.05, 0.1) is 29.7 Å². The number of benzene rings is 3. The number of hydrogen-bond acceptors (Lipinski definition) is 8. The first kappa shape index (κ1) is 28.7. The minimum atomic E-state index is -1.01. The zero-order valence-electron chi connectivity index (χ0n) is 22.1. The van der Waals surface area contributed by atoms with E-state index in [0.717, 1.165) is 17.7 Å². The highest BCUT2D eigenvalue weighted by Crippen LogP contribution is 2.29. The maximum atomic E-state index is 13.7. The van der Waals surface area contributed by atoms with E-state index >= 15 is 0 Å². The second kappa shape index (κ2) is 12.7. The summed E-state index contributed by atoms with van der Waals surface area (Å²) in [7, 11) is 1.55. The quantitative estimate of drug-likeness (QED) is 0.122. The predicted molar refractivity (Wildman–Crippen MR) is 149 cm³/mol. The Kier molecular flexibility index (Phi) is 8.92. The lowest BCUT2D eigenvalue weighted by Gasteiger charge is -2.22. The standard InChI is InChI=1S/C29H27F2N5O5/c1-17(19-7-11-23(30)24(31)14-19)34-29(37)22-4-3-13-33-28(22)35-26(18-5-8-20(40-2)9-6-18)16-41-21-10-12-27(36(38)39)25(32)15-21/h3-15,17,26H,16,32H2,1-2H3,(H,33,35)(H,34,37)/t17-,26-/m0/s1. The average Bonchev–Trinajstić information content (AvgIpc) is 2.96. The molecule has 4 N–H and O–H groups in total. The van der Waals surface area contributed by atoms with Crippen LogP contribution in [-0.2, 0) is 0 Å². The molecule has 4 aromatic rings. The molecule has 41 heavy (non-hydrogen) atoms. The van der Waals surface area contributed by atoms with E-state index in [4.69, 9.17) is 15.2 Å². The lowest BCUT2D eigenvalue weighted by Crippen LogP contribution is -2.29. The first-order chi connectivity index (χ1) is 19.7. The van der Waals surface area contributed by atoms with Crippen LogP contribution < -0.4 is 25.8 Å². The summed E-state index contributed by atoms with van der Waals surface area (Å²) in [6.45, 7) is 1.68. The number of methoxy groups -OCH3 is 1. The van der Waals surface area contributed by atoms with Crippen molar-refractivity contribution in [2.45, 2.75) is 19.0 Å². The van der Waals surface area contributed by atoms with Gasteiger partial charge in [0, 0.05) is 18.3 Å². The molecule has 0 radical (unpaired) electrons. The summed E-state index contributed by atoms with van der Waals surface area (Å²) < 4.78 is 38.2. The number of nitrogens with zero attached hydrogens (tertiary/aromatic N) is 2. The Bertz CT molecular complexity index is 1550. The SMILES string of the molecule is COc1ccc([C@H](COc2ccc([N+](=O)[O-])c(N)c2)Nc2ncccc2C(=O)N[C@@H](C)c2ccc(F)c(F)c2)cc1. The molecule has 2 atom stereocenters. The number of anilines is 2. The number of nitrogen functional groups attached to an aromatic ring is 1. The van der Waals surface area contributed by atoms with Crippen LogP contribution in [0, 0.1) is 21.7 Å². The maximum absolute atomic E-state index is 13.7. The van der Waals surface area contributed by atoms with Gasteiger partial charge in [-0.25, -0.2) is 13.8 Å². The lowest BCUT2D eigenvalue weighted by atomic mass is 10.1. The van der Waals surface area contributed by atoms with Crippen LogP contribution in [0.25, 0.3) is 0 Å². The molecule has 3 aromatic carbocycles. The zero-order chi connectivity index (χ0) is 29.5. The molecule has 12 heteroatoms. The summed E-state index contributed by atoms with van der Waals surface area (Å²) in [6, 6.07) is 16.7. The van der Waals surface area contributed by atoms with E-state index in [0.29, 0.717) is 17.1 Å². The molecule has 1 amide bonds. The van der Waals surface area contributed by atoms with E-state index < -0.39 is 34.5 Å². The first-order valence-corrected chi connectivity index (χ1v) is 12.4. The van der Waals surface area contributed by atoms with Crippen LogP contribution in [0.1, 0.15) is 40.5 Å². The molecule has 1 aromatic heterocycles. The number of carbonyl (C=O) groups is 1. The topological polar surface area (TPSA) is 142 Å². The Labute approximate surface area is 234 Å². The van der Waals surface area contributed by atoms with E-state index in [-0.39, 0.29) is 29.4 Å². The fourth-order valence-corrected chi connectivity index (χ4v) is 4.03. The zero-order valence-corrected chi connectivity index (χ0v) is 22.1. The number of aromatic nitrogens is 1. The number of nitro groups is 1. The number of nitro benzene ring substituents is 1. The first-order valence-electron chi connectivity index (χ1n) is 12.4. The van der Waals surface area contributed by atoms with Crippen LogP contribution >= 0.6 is 0 Å². The van der Waals surface area contributed by atoms with Crippen LogP contribution in [0.15, 0.2) is 79.0 Å². The summed E-state index contributed by atoms with van der Waals surface area (Å²) >= 11 is 0. The molecule has 0 aliphatic rings. The number of halogens is 2. The number of nitrogens with two attached hydrogens (primary N) is 1. The highest BCUT2D eigenvalue weighted by atomic mass is 19.2. The Balaban J connectivity index is 1.57. The van der Waals surface area contributed by atoms with Gasteiger partial charge in [0.15, 0.2) is 11.6 Å². The van der Waals surface area contributed by atoms with Gasteiger partial charge in [-0.1, -0.05) is 18.2 Å². The van der Waals surface area contributed by atoms with Crippen molar-refractivity contribution in [1.29, 1.82) is 0 Å². The molecule has 0 fully saturated rings. The van der Waals surface area contributed by atoms with Crippen molar-refractivity contribution < 1.29 is 28.0 Å². The Morgan fingerprint density at radius 1 is 1.02 bits per heavy atom. The minimum Gasteiger partial charge on any atom is -0.497 e. The molecular weight excluding hydrogens is 536 g/mol. The van der Waals surface area contributed by atoms with Crippen molar-refractivity contribution in [2.75, 3.05) is 24.8 Å². The van der Waals surface area contributed by atoms with Crippen molar-refractivity contribution in [3.63, 3.8) is 0 Å². The van der Waals surface area contributed by atoms with Crippen molar-refractivity contribution in [2.24, 2.45) is 0 Å². The molecule has 10 nitrogen and oxygen atoms in total. The van der Waals surface area contributed by atoms with Crippen molar-refractivity contribution in [1.82, 2.24) is 10.3 Å². The molecule has 1 heterocycles. The molecule has 0 aliphatic heterocycles. The number of carbonyl (C=O) groups excluding carboxylic acids is 1. The number of hydrogen-bond donors (Lipinski definition) is 3.